The van der Waals surface area contributed by atoms with Crippen LogP contribution in [0, 0.1) is 0 Å². The molecular weight excluding hydrogens is 270 g/mol. The van der Waals surface area contributed by atoms with E-state index in [1.165, 1.54) is 15.3 Å². The molecule has 1 aromatic heterocycles. The number of halogens is 1. The van der Waals surface area contributed by atoms with Crippen LogP contribution in [0.15, 0.2) is 41.3 Å². The molecule has 2 heterocycles. The highest BCUT2D eigenvalue weighted by molar-refractivity contribution is 8.00. The molecule has 0 fully saturated rings. The smallest absolute Gasteiger partial charge is 0.0931 e. The van der Waals surface area contributed by atoms with Crippen LogP contribution in [0.2, 0.25) is 4.34 Å². The Labute approximate surface area is 114 Å². The molecule has 88 valence electrons. The van der Waals surface area contributed by atoms with Crippen molar-refractivity contribution in [3.8, 4) is 0 Å². The van der Waals surface area contributed by atoms with E-state index in [0.717, 1.165) is 10.8 Å². The summed E-state index contributed by atoms with van der Waals surface area (Å²) in [5.41, 5.74) is 7.74. The van der Waals surface area contributed by atoms with E-state index in [1.807, 2.05) is 23.9 Å². The van der Waals surface area contributed by atoms with Crippen LogP contribution < -0.4 is 5.73 Å². The van der Waals surface area contributed by atoms with Gasteiger partial charge in [0.15, 0.2) is 0 Å². The Morgan fingerprint density at radius 3 is 2.76 bits per heavy atom. The third kappa shape index (κ3) is 2.25. The van der Waals surface area contributed by atoms with Gasteiger partial charge in [0.1, 0.15) is 0 Å². The minimum absolute atomic E-state index is 0.0740. The standard InChI is InChI=1S/C13H12ClNS2/c14-12-6-5-10(17-12)13(15)11-7-8-3-1-2-4-9(8)16-11/h1-6,11,13H,7,15H2. The molecule has 1 nitrogen and oxygen atoms in total. The van der Waals surface area contributed by atoms with Crippen LogP contribution in [-0.4, -0.2) is 5.25 Å². The molecule has 1 aliphatic rings. The van der Waals surface area contributed by atoms with Crippen LogP contribution in [0.1, 0.15) is 16.5 Å². The molecule has 0 radical (unpaired) electrons. The van der Waals surface area contributed by atoms with Gasteiger partial charge in [0.25, 0.3) is 0 Å². The van der Waals surface area contributed by atoms with Crippen molar-refractivity contribution < 1.29 is 0 Å². The molecular formula is C13H12ClNS2. The second-order valence-electron chi connectivity index (χ2n) is 4.14. The van der Waals surface area contributed by atoms with Crippen molar-refractivity contribution in [3.63, 3.8) is 0 Å². The zero-order valence-corrected chi connectivity index (χ0v) is 11.5. The van der Waals surface area contributed by atoms with Crippen LogP contribution in [-0.2, 0) is 6.42 Å². The quantitative estimate of drug-likeness (QED) is 0.896. The summed E-state index contributed by atoms with van der Waals surface area (Å²) in [6, 6.07) is 12.6. The summed E-state index contributed by atoms with van der Waals surface area (Å²) in [5.74, 6) is 0. The van der Waals surface area contributed by atoms with E-state index in [-0.39, 0.29) is 6.04 Å². The van der Waals surface area contributed by atoms with Crippen molar-refractivity contribution >= 4 is 34.7 Å². The number of hydrogen-bond donors (Lipinski definition) is 1. The summed E-state index contributed by atoms with van der Waals surface area (Å²) in [4.78, 5) is 2.55. The molecule has 1 aliphatic heterocycles. The molecule has 2 N–H and O–H groups in total. The molecule has 3 rings (SSSR count). The van der Waals surface area contributed by atoms with Gasteiger partial charge in [-0.1, -0.05) is 29.8 Å². The van der Waals surface area contributed by atoms with E-state index in [2.05, 4.69) is 24.3 Å². The lowest BCUT2D eigenvalue weighted by atomic mass is 10.0. The molecule has 0 spiro atoms. The zero-order chi connectivity index (χ0) is 11.8. The molecule has 0 saturated carbocycles. The Balaban J connectivity index is 1.80. The van der Waals surface area contributed by atoms with Gasteiger partial charge < -0.3 is 5.73 Å². The predicted molar refractivity (Wildman–Crippen MR) is 76.0 cm³/mol. The van der Waals surface area contributed by atoms with Crippen molar-refractivity contribution in [1.82, 2.24) is 0 Å². The van der Waals surface area contributed by atoms with Crippen LogP contribution in [0.4, 0.5) is 0 Å². The molecule has 0 saturated heterocycles. The summed E-state index contributed by atoms with van der Waals surface area (Å²) in [7, 11) is 0. The number of rotatable bonds is 2. The number of fused-ring (bicyclic) bond motifs is 1. The fourth-order valence-corrected chi connectivity index (χ4v) is 4.66. The van der Waals surface area contributed by atoms with E-state index in [0.29, 0.717) is 5.25 Å². The van der Waals surface area contributed by atoms with E-state index in [4.69, 9.17) is 17.3 Å². The van der Waals surface area contributed by atoms with Gasteiger partial charge in [-0.2, -0.15) is 0 Å². The lowest BCUT2D eigenvalue weighted by Gasteiger charge is -2.16. The Morgan fingerprint density at radius 1 is 1.24 bits per heavy atom. The fraction of sp³-hybridized carbons (Fsp3) is 0.231. The van der Waals surface area contributed by atoms with E-state index >= 15 is 0 Å². The third-order valence-electron chi connectivity index (χ3n) is 3.00. The maximum Gasteiger partial charge on any atom is 0.0931 e. The highest BCUT2D eigenvalue weighted by Gasteiger charge is 2.28. The highest BCUT2D eigenvalue weighted by atomic mass is 35.5. The number of nitrogens with two attached hydrogens (primary N) is 1. The van der Waals surface area contributed by atoms with Crippen molar-refractivity contribution in [1.29, 1.82) is 0 Å². The molecule has 2 unspecified atom stereocenters. The normalized spacial score (nSPS) is 20.2. The average Bonchev–Trinajstić information content (AvgIpc) is 2.93. The highest BCUT2D eigenvalue weighted by Crippen LogP contribution is 2.43. The van der Waals surface area contributed by atoms with Crippen molar-refractivity contribution in [3.05, 3.63) is 51.2 Å². The van der Waals surface area contributed by atoms with Gasteiger partial charge in [-0.3, -0.25) is 0 Å². The topological polar surface area (TPSA) is 26.0 Å². The molecule has 0 bridgehead atoms. The molecule has 0 aliphatic carbocycles. The van der Waals surface area contributed by atoms with E-state index in [1.54, 1.807) is 11.3 Å². The van der Waals surface area contributed by atoms with Crippen LogP contribution in [0.25, 0.3) is 0 Å². The zero-order valence-electron chi connectivity index (χ0n) is 9.10. The number of benzene rings is 1. The lowest BCUT2D eigenvalue weighted by molar-refractivity contribution is 0.689. The van der Waals surface area contributed by atoms with Gasteiger partial charge in [-0.25, -0.2) is 0 Å². The van der Waals surface area contributed by atoms with E-state index < -0.39 is 0 Å². The van der Waals surface area contributed by atoms with Gasteiger partial charge in [0.2, 0.25) is 0 Å². The molecule has 4 heteroatoms. The van der Waals surface area contributed by atoms with Gasteiger partial charge >= 0.3 is 0 Å². The first-order chi connectivity index (χ1) is 8.24. The first-order valence-corrected chi connectivity index (χ1v) is 7.57. The number of thioether (sulfide) groups is 1. The molecule has 0 amide bonds. The molecule has 2 atom stereocenters. The van der Waals surface area contributed by atoms with Gasteiger partial charge in [0, 0.05) is 15.0 Å². The van der Waals surface area contributed by atoms with Gasteiger partial charge in [0.05, 0.1) is 10.4 Å². The van der Waals surface area contributed by atoms with Crippen molar-refractivity contribution in [2.45, 2.75) is 22.6 Å². The predicted octanol–water partition coefficient (Wildman–Crippen LogP) is 4.12. The van der Waals surface area contributed by atoms with Crippen molar-refractivity contribution in [2.24, 2.45) is 5.73 Å². The summed E-state index contributed by atoms with van der Waals surface area (Å²) >= 11 is 9.43. The van der Waals surface area contributed by atoms with Gasteiger partial charge in [-0.05, 0) is 30.2 Å². The minimum atomic E-state index is 0.0740. The monoisotopic (exact) mass is 281 g/mol. The average molecular weight is 282 g/mol. The number of thiophene rings is 1. The minimum Gasteiger partial charge on any atom is -0.322 e. The van der Waals surface area contributed by atoms with Crippen LogP contribution in [0.3, 0.4) is 0 Å². The van der Waals surface area contributed by atoms with Crippen molar-refractivity contribution in [2.75, 3.05) is 0 Å². The molecule has 1 aromatic carbocycles. The summed E-state index contributed by atoms with van der Waals surface area (Å²) in [6.07, 6.45) is 1.05. The second kappa shape index (κ2) is 4.65. The lowest BCUT2D eigenvalue weighted by Crippen LogP contribution is -2.22. The summed E-state index contributed by atoms with van der Waals surface area (Å²) < 4.78 is 0.816. The van der Waals surface area contributed by atoms with E-state index in [9.17, 15) is 0 Å². The summed E-state index contributed by atoms with van der Waals surface area (Å²) in [6.45, 7) is 0. The SMILES string of the molecule is NC(c1ccc(Cl)s1)C1Cc2ccccc2S1. The maximum atomic E-state index is 6.32. The third-order valence-corrected chi connectivity index (χ3v) is 5.74. The number of hydrogen-bond acceptors (Lipinski definition) is 3. The molecule has 17 heavy (non-hydrogen) atoms. The Bertz CT molecular complexity index is 513. The second-order valence-corrected chi connectivity index (χ2v) is 7.16. The van der Waals surface area contributed by atoms with Crippen LogP contribution in [0.5, 0.6) is 0 Å². The Hall–Kier alpha value is -0.480. The largest absolute Gasteiger partial charge is 0.322 e. The first kappa shape index (κ1) is 11.6. The summed E-state index contributed by atoms with van der Waals surface area (Å²) in [5, 5.41) is 0.433. The fourth-order valence-electron chi connectivity index (χ4n) is 2.10. The maximum absolute atomic E-state index is 6.32. The molecule has 2 aromatic rings. The Kier molecular flexibility index (Phi) is 3.17. The Morgan fingerprint density at radius 2 is 2.06 bits per heavy atom. The first-order valence-electron chi connectivity index (χ1n) is 5.49. The van der Waals surface area contributed by atoms with Gasteiger partial charge in [-0.15, -0.1) is 23.1 Å². The van der Waals surface area contributed by atoms with Crippen LogP contribution >= 0.6 is 34.7 Å².